The summed E-state index contributed by atoms with van der Waals surface area (Å²) < 4.78 is 18.9. The van der Waals surface area contributed by atoms with Gasteiger partial charge in [-0.25, -0.2) is 4.39 Å². The van der Waals surface area contributed by atoms with Crippen molar-refractivity contribution in [2.75, 3.05) is 11.9 Å². The van der Waals surface area contributed by atoms with Crippen molar-refractivity contribution in [1.82, 2.24) is 0 Å². The van der Waals surface area contributed by atoms with E-state index in [1.165, 1.54) is 6.07 Å². The summed E-state index contributed by atoms with van der Waals surface area (Å²) in [6.45, 7) is 0.0197. The lowest BCUT2D eigenvalue weighted by Gasteiger charge is -2.20. The van der Waals surface area contributed by atoms with E-state index in [0.29, 0.717) is 23.4 Å². The van der Waals surface area contributed by atoms with E-state index in [0.717, 1.165) is 5.56 Å². The first-order chi connectivity index (χ1) is 10.1. The number of alkyl halides is 1. The smallest absolute Gasteiger partial charge is 0.262 e. The van der Waals surface area contributed by atoms with Crippen molar-refractivity contribution in [2.24, 2.45) is 0 Å². The molecule has 0 aliphatic carbocycles. The molecular weight excluding hydrogens is 293 g/mol. The van der Waals surface area contributed by atoms with Crippen molar-refractivity contribution in [3.63, 3.8) is 0 Å². The van der Waals surface area contributed by atoms with E-state index in [-0.39, 0.29) is 23.7 Å². The highest BCUT2D eigenvalue weighted by molar-refractivity contribution is 6.21. The SMILES string of the molecule is O=C1COc2ccc(C(Cl)Cc3ccccc3F)cc2N1. The number of fused-ring (bicyclic) bond motifs is 1. The van der Waals surface area contributed by atoms with Gasteiger partial charge in [-0.3, -0.25) is 4.79 Å². The Morgan fingerprint density at radius 1 is 1.29 bits per heavy atom. The zero-order chi connectivity index (χ0) is 14.8. The van der Waals surface area contributed by atoms with Crippen LogP contribution in [0.3, 0.4) is 0 Å². The Kier molecular flexibility index (Phi) is 3.80. The molecule has 0 saturated carbocycles. The zero-order valence-electron chi connectivity index (χ0n) is 11.1. The van der Waals surface area contributed by atoms with Crippen LogP contribution in [0.15, 0.2) is 42.5 Å². The summed E-state index contributed by atoms with van der Waals surface area (Å²) in [4.78, 5) is 11.3. The number of halogens is 2. The Labute approximate surface area is 126 Å². The molecule has 0 fully saturated rings. The third-order valence-electron chi connectivity index (χ3n) is 3.36. The standard InChI is InChI=1S/C16H13ClFNO2/c17-12(7-11-3-1-2-4-13(11)18)10-5-6-15-14(8-10)19-16(20)9-21-15/h1-6,8,12H,7,9H2,(H,19,20). The maximum Gasteiger partial charge on any atom is 0.262 e. The Morgan fingerprint density at radius 3 is 2.90 bits per heavy atom. The topological polar surface area (TPSA) is 38.3 Å². The molecule has 1 aliphatic rings. The third kappa shape index (κ3) is 3.00. The number of anilines is 1. The summed E-state index contributed by atoms with van der Waals surface area (Å²) in [5.41, 5.74) is 1.97. The van der Waals surface area contributed by atoms with E-state index in [4.69, 9.17) is 16.3 Å². The Morgan fingerprint density at radius 2 is 2.10 bits per heavy atom. The van der Waals surface area contributed by atoms with Gasteiger partial charge in [-0.2, -0.15) is 0 Å². The van der Waals surface area contributed by atoms with Gasteiger partial charge in [-0.15, -0.1) is 11.6 Å². The molecule has 1 heterocycles. The lowest BCUT2D eigenvalue weighted by molar-refractivity contribution is -0.118. The number of hydrogen-bond acceptors (Lipinski definition) is 2. The normalized spacial score (nSPS) is 14.9. The fraction of sp³-hybridized carbons (Fsp3) is 0.188. The van der Waals surface area contributed by atoms with E-state index >= 15 is 0 Å². The van der Waals surface area contributed by atoms with Crippen molar-refractivity contribution < 1.29 is 13.9 Å². The molecule has 0 radical (unpaired) electrons. The second-order valence-corrected chi connectivity index (χ2v) is 5.38. The first-order valence-corrected chi connectivity index (χ1v) is 7.01. The highest BCUT2D eigenvalue weighted by Crippen LogP contribution is 2.34. The molecule has 1 unspecified atom stereocenters. The number of rotatable bonds is 3. The molecule has 1 amide bonds. The van der Waals surface area contributed by atoms with Gasteiger partial charge < -0.3 is 10.1 Å². The van der Waals surface area contributed by atoms with Crippen LogP contribution in [0.25, 0.3) is 0 Å². The number of nitrogens with one attached hydrogen (secondary N) is 1. The maximum atomic E-state index is 13.7. The second kappa shape index (κ2) is 5.74. The van der Waals surface area contributed by atoms with Crippen LogP contribution < -0.4 is 10.1 Å². The van der Waals surface area contributed by atoms with E-state index in [1.54, 1.807) is 30.3 Å². The van der Waals surface area contributed by atoms with Crippen LogP contribution in [0, 0.1) is 5.82 Å². The van der Waals surface area contributed by atoms with Crippen molar-refractivity contribution in [1.29, 1.82) is 0 Å². The summed E-state index contributed by atoms with van der Waals surface area (Å²) in [5, 5.41) is 2.35. The molecule has 1 atom stereocenters. The van der Waals surface area contributed by atoms with Crippen LogP contribution in [-0.2, 0) is 11.2 Å². The van der Waals surface area contributed by atoms with Gasteiger partial charge in [0.25, 0.3) is 5.91 Å². The highest BCUT2D eigenvalue weighted by atomic mass is 35.5. The summed E-state index contributed by atoms with van der Waals surface area (Å²) in [6.07, 6.45) is 0.377. The molecule has 5 heteroatoms. The number of carbonyl (C=O) groups excluding carboxylic acids is 1. The molecular formula is C16H13ClFNO2. The van der Waals surface area contributed by atoms with Gasteiger partial charge in [0.2, 0.25) is 0 Å². The van der Waals surface area contributed by atoms with Crippen molar-refractivity contribution in [2.45, 2.75) is 11.8 Å². The van der Waals surface area contributed by atoms with Gasteiger partial charge in [0.15, 0.2) is 6.61 Å². The average Bonchev–Trinajstić information content (AvgIpc) is 2.48. The lowest BCUT2D eigenvalue weighted by Crippen LogP contribution is -2.25. The first-order valence-electron chi connectivity index (χ1n) is 6.57. The first kappa shape index (κ1) is 13.9. The van der Waals surface area contributed by atoms with Crippen LogP contribution in [0.1, 0.15) is 16.5 Å². The number of hydrogen-bond donors (Lipinski definition) is 1. The minimum Gasteiger partial charge on any atom is -0.482 e. The second-order valence-electron chi connectivity index (χ2n) is 4.86. The number of amides is 1. The maximum absolute atomic E-state index is 13.7. The highest BCUT2D eigenvalue weighted by Gasteiger charge is 2.18. The molecule has 3 rings (SSSR count). The van der Waals surface area contributed by atoms with E-state index in [9.17, 15) is 9.18 Å². The molecule has 0 aromatic heterocycles. The zero-order valence-corrected chi connectivity index (χ0v) is 11.9. The van der Waals surface area contributed by atoms with E-state index in [1.807, 2.05) is 6.07 Å². The minimum absolute atomic E-state index is 0.0197. The largest absolute Gasteiger partial charge is 0.482 e. The number of benzene rings is 2. The molecule has 3 nitrogen and oxygen atoms in total. The molecule has 2 aromatic carbocycles. The minimum atomic E-state index is -0.383. The fourth-order valence-electron chi connectivity index (χ4n) is 2.27. The van der Waals surface area contributed by atoms with Gasteiger partial charge in [0.1, 0.15) is 11.6 Å². The predicted octanol–water partition coefficient (Wildman–Crippen LogP) is 3.68. The quantitative estimate of drug-likeness (QED) is 0.879. The molecule has 1 aliphatic heterocycles. The van der Waals surface area contributed by atoms with Crippen molar-refractivity contribution in [3.05, 3.63) is 59.4 Å². The van der Waals surface area contributed by atoms with Crippen LogP contribution in [0.5, 0.6) is 5.75 Å². The summed E-state index contributed by atoms with van der Waals surface area (Å²) in [7, 11) is 0. The van der Waals surface area contributed by atoms with Crippen LogP contribution in [0.4, 0.5) is 10.1 Å². The van der Waals surface area contributed by atoms with E-state index < -0.39 is 0 Å². The summed E-state index contributed by atoms with van der Waals surface area (Å²) >= 11 is 6.37. The summed E-state index contributed by atoms with van der Waals surface area (Å²) in [6, 6.07) is 11.9. The van der Waals surface area contributed by atoms with Crippen molar-refractivity contribution >= 4 is 23.2 Å². The van der Waals surface area contributed by atoms with Gasteiger partial charge in [0.05, 0.1) is 11.1 Å². The van der Waals surface area contributed by atoms with Crippen LogP contribution >= 0.6 is 11.6 Å². The van der Waals surface area contributed by atoms with Gasteiger partial charge >= 0.3 is 0 Å². The molecule has 108 valence electrons. The molecule has 0 saturated heterocycles. The molecule has 0 spiro atoms. The Hall–Kier alpha value is -2.07. The lowest BCUT2D eigenvalue weighted by atomic mass is 10.0. The number of carbonyl (C=O) groups is 1. The van der Waals surface area contributed by atoms with Crippen LogP contribution in [-0.4, -0.2) is 12.5 Å². The molecule has 1 N–H and O–H groups in total. The third-order valence-corrected chi connectivity index (χ3v) is 3.76. The van der Waals surface area contributed by atoms with Gasteiger partial charge in [-0.05, 0) is 35.7 Å². The number of ether oxygens (including phenoxy) is 1. The molecule has 2 aromatic rings. The van der Waals surface area contributed by atoms with Crippen LogP contribution in [0.2, 0.25) is 0 Å². The van der Waals surface area contributed by atoms with Gasteiger partial charge in [-0.1, -0.05) is 24.3 Å². The monoisotopic (exact) mass is 305 g/mol. The average molecular weight is 306 g/mol. The van der Waals surface area contributed by atoms with E-state index in [2.05, 4.69) is 5.32 Å². The fourth-order valence-corrected chi connectivity index (χ4v) is 2.57. The summed E-state index contributed by atoms with van der Waals surface area (Å²) in [5.74, 6) is 0.158. The Bertz CT molecular complexity index is 690. The predicted molar refractivity (Wildman–Crippen MR) is 79.3 cm³/mol. The van der Waals surface area contributed by atoms with Crippen molar-refractivity contribution in [3.8, 4) is 5.75 Å². The Balaban J connectivity index is 1.82. The molecule has 21 heavy (non-hydrogen) atoms. The molecule has 0 bridgehead atoms. The van der Waals surface area contributed by atoms with Gasteiger partial charge in [0, 0.05) is 0 Å².